The number of ether oxygens (including phenoxy) is 3. The molecule has 2 N–H and O–H groups in total. The highest BCUT2D eigenvalue weighted by Gasteiger charge is 2.67. The fourth-order valence-electron chi connectivity index (χ4n) is 8.39. The SMILES string of the molecule is C[C@H]1CC[C@H]2C(C)(C)[C@@H](N)CC[C@]23Oc2c(c(OCc4ccccc4)cc4c2CN(C(=O)OC(C)(C)C)C4=O)C[C@]13C. The van der Waals surface area contributed by atoms with Crippen molar-refractivity contribution in [2.45, 2.75) is 111 Å². The Morgan fingerprint density at radius 1 is 1.10 bits per heavy atom. The number of amides is 2. The fourth-order valence-corrected chi connectivity index (χ4v) is 8.39. The number of hydrogen-bond acceptors (Lipinski definition) is 6. The Bertz CT molecular complexity index is 1410. The zero-order chi connectivity index (χ0) is 30.2. The van der Waals surface area contributed by atoms with Crippen LogP contribution in [0.5, 0.6) is 11.5 Å². The van der Waals surface area contributed by atoms with Crippen molar-refractivity contribution < 1.29 is 23.8 Å². The van der Waals surface area contributed by atoms with Gasteiger partial charge < -0.3 is 19.9 Å². The fraction of sp³-hybridized carbons (Fsp3) is 0.600. The molecule has 2 heterocycles. The van der Waals surface area contributed by atoms with Crippen molar-refractivity contribution in [2.24, 2.45) is 28.4 Å². The quantitative estimate of drug-likeness (QED) is 0.423. The molecule has 2 amide bonds. The van der Waals surface area contributed by atoms with Crippen LogP contribution >= 0.6 is 0 Å². The van der Waals surface area contributed by atoms with Crippen LogP contribution in [0.15, 0.2) is 36.4 Å². The summed E-state index contributed by atoms with van der Waals surface area (Å²) in [4.78, 5) is 28.1. The number of fused-ring (bicyclic) bond motifs is 3. The molecular formula is C35H46N2O5. The third-order valence-electron chi connectivity index (χ3n) is 11.1. The van der Waals surface area contributed by atoms with Crippen molar-refractivity contribution >= 4 is 12.0 Å². The summed E-state index contributed by atoms with van der Waals surface area (Å²) in [6.07, 6.45) is 4.07. The molecule has 2 saturated carbocycles. The zero-order valence-electron chi connectivity index (χ0n) is 26.2. The molecule has 0 saturated heterocycles. The van der Waals surface area contributed by atoms with Gasteiger partial charge in [-0.2, -0.15) is 0 Å². The second-order valence-corrected chi connectivity index (χ2v) is 14.9. The van der Waals surface area contributed by atoms with Gasteiger partial charge in [-0.3, -0.25) is 4.79 Å². The number of hydrogen-bond donors (Lipinski definition) is 1. The highest BCUT2D eigenvalue weighted by molar-refractivity contribution is 6.07. The molecule has 0 unspecified atom stereocenters. The minimum atomic E-state index is -0.718. The minimum absolute atomic E-state index is 0.0971. The van der Waals surface area contributed by atoms with Crippen molar-refractivity contribution in [1.29, 1.82) is 0 Å². The second-order valence-electron chi connectivity index (χ2n) is 14.9. The van der Waals surface area contributed by atoms with Gasteiger partial charge in [-0.25, -0.2) is 9.69 Å². The lowest BCUT2D eigenvalue weighted by Gasteiger charge is -2.67. The molecule has 2 aliphatic heterocycles. The number of carbonyl (C=O) groups is 2. The molecule has 2 fully saturated rings. The number of imide groups is 1. The number of rotatable bonds is 3. The minimum Gasteiger partial charge on any atom is -0.488 e. The Hall–Kier alpha value is -3.06. The standard InChI is InChI=1S/C35H46N2O5/c1-21-13-14-27-33(5,6)28(36)15-16-35(27)34(21,7)18-24-26(40-20-22-11-9-8-10-12-22)17-23-25(29(24)41-35)19-37(30(23)38)31(39)42-32(2,3)4/h8-12,17,21,27-28H,13-16,18-20,36H2,1-7H3/t21-,27-,28-,34+,35-/m0/s1. The summed E-state index contributed by atoms with van der Waals surface area (Å²) in [5.74, 6) is 1.71. The Balaban J connectivity index is 1.48. The van der Waals surface area contributed by atoms with E-state index in [-0.39, 0.29) is 35.2 Å². The predicted molar refractivity (Wildman–Crippen MR) is 161 cm³/mol. The van der Waals surface area contributed by atoms with Crippen LogP contribution in [0.1, 0.15) is 101 Å². The molecule has 2 aromatic carbocycles. The number of nitrogens with two attached hydrogens (primary N) is 1. The molecule has 0 bridgehead atoms. The van der Waals surface area contributed by atoms with Crippen molar-refractivity contribution in [3.8, 4) is 11.5 Å². The molecule has 7 nitrogen and oxygen atoms in total. The van der Waals surface area contributed by atoms with Crippen LogP contribution in [-0.4, -0.2) is 34.1 Å². The first-order chi connectivity index (χ1) is 19.7. The van der Waals surface area contributed by atoms with E-state index in [4.69, 9.17) is 19.9 Å². The molecule has 1 spiro atoms. The summed E-state index contributed by atoms with van der Waals surface area (Å²) >= 11 is 0. The lowest BCUT2D eigenvalue weighted by Crippen LogP contribution is -2.71. The Morgan fingerprint density at radius 3 is 2.50 bits per heavy atom. The molecule has 6 rings (SSSR count). The van der Waals surface area contributed by atoms with Gasteiger partial charge in [-0.15, -0.1) is 0 Å². The van der Waals surface area contributed by atoms with Crippen molar-refractivity contribution in [3.05, 3.63) is 58.7 Å². The third kappa shape index (κ3) is 4.33. The maximum atomic E-state index is 13.8. The van der Waals surface area contributed by atoms with E-state index in [1.54, 1.807) is 20.8 Å². The van der Waals surface area contributed by atoms with E-state index in [0.717, 1.165) is 54.5 Å². The highest BCUT2D eigenvalue weighted by Crippen LogP contribution is 2.66. The van der Waals surface area contributed by atoms with Gasteiger partial charge >= 0.3 is 6.09 Å². The Kier molecular flexibility index (Phi) is 6.73. The van der Waals surface area contributed by atoms with Gasteiger partial charge in [0.05, 0.1) is 12.1 Å². The predicted octanol–water partition coefficient (Wildman–Crippen LogP) is 7.03. The Labute approximate surface area is 250 Å². The van der Waals surface area contributed by atoms with Gasteiger partial charge in [-0.05, 0) is 75.8 Å². The van der Waals surface area contributed by atoms with Crippen molar-refractivity contribution in [2.75, 3.05) is 0 Å². The van der Waals surface area contributed by atoms with Gasteiger partial charge in [-0.1, -0.05) is 58.0 Å². The highest BCUT2D eigenvalue weighted by atomic mass is 16.6. The van der Waals surface area contributed by atoms with Crippen LogP contribution in [0, 0.1) is 22.7 Å². The normalized spacial score (nSPS) is 31.3. The molecule has 42 heavy (non-hydrogen) atoms. The maximum absolute atomic E-state index is 13.8. The van der Waals surface area contributed by atoms with E-state index in [1.165, 1.54) is 4.90 Å². The van der Waals surface area contributed by atoms with E-state index in [0.29, 0.717) is 23.8 Å². The summed E-state index contributed by atoms with van der Waals surface area (Å²) in [6.45, 7) is 15.3. The summed E-state index contributed by atoms with van der Waals surface area (Å²) in [5, 5.41) is 0. The van der Waals surface area contributed by atoms with Gasteiger partial charge in [0.2, 0.25) is 0 Å². The molecule has 0 radical (unpaired) electrons. The maximum Gasteiger partial charge on any atom is 0.417 e. The first kappa shape index (κ1) is 29.0. The molecule has 7 heteroatoms. The topological polar surface area (TPSA) is 91.1 Å². The summed E-state index contributed by atoms with van der Waals surface area (Å²) < 4.78 is 19.6. The monoisotopic (exact) mass is 574 g/mol. The number of benzene rings is 2. The smallest absolute Gasteiger partial charge is 0.417 e. The van der Waals surface area contributed by atoms with Gasteiger partial charge in [0.15, 0.2) is 0 Å². The largest absolute Gasteiger partial charge is 0.488 e. The number of carbonyl (C=O) groups excluding carboxylic acids is 2. The second kappa shape index (κ2) is 9.73. The van der Waals surface area contributed by atoms with Crippen LogP contribution in [0.4, 0.5) is 4.79 Å². The van der Waals surface area contributed by atoms with Crippen LogP contribution < -0.4 is 15.2 Å². The molecular weight excluding hydrogens is 528 g/mol. The third-order valence-corrected chi connectivity index (χ3v) is 11.1. The van der Waals surface area contributed by atoms with Crippen molar-refractivity contribution in [1.82, 2.24) is 4.90 Å². The molecule has 5 atom stereocenters. The lowest BCUT2D eigenvalue weighted by atomic mass is 9.43. The van der Waals surface area contributed by atoms with Crippen LogP contribution in [0.2, 0.25) is 0 Å². The zero-order valence-corrected chi connectivity index (χ0v) is 26.2. The van der Waals surface area contributed by atoms with E-state index in [9.17, 15) is 9.59 Å². The van der Waals surface area contributed by atoms with E-state index < -0.39 is 17.3 Å². The number of nitrogens with zero attached hydrogens (tertiary/aromatic N) is 1. The van der Waals surface area contributed by atoms with Gasteiger partial charge in [0.1, 0.15) is 29.3 Å². The van der Waals surface area contributed by atoms with E-state index >= 15 is 0 Å². The van der Waals surface area contributed by atoms with Crippen molar-refractivity contribution in [3.63, 3.8) is 0 Å². The summed E-state index contributed by atoms with van der Waals surface area (Å²) in [6, 6.07) is 12.0. The Morgan fingerprint density at radius 2 is 1.81 bits per heavy atom. The van der Waals surface area contributed by atoms with Gasteiger partial charge in [0.25, 0.3) is 5.91 Å². The summed E-state index contributed by atoms with van der Waals surface area (Å²) in [7, 11) is 0. The van der Waals surface area contributed by atoms with Gasteiger partial charge in [0, 0.05) is 28.5 Å². The molecule has 2 aliphatic carbocycles. The molecule has 4 aliphatic rings. The first-order valence-electron chi connectivity index (χ1n) is 15.5. The average molecular weight is 575 g/mol. The van der Waals surface area contributed by atoms with Crippen LogP contribution in [-0.2, 0) is 24.3 Å². The molecule has 226 valence electrons. The van der Waals surface area contributed by atoms with E-state index in [2.05, 4.69) is 27.7 Å². The molecule has 2 aromatic rings. The molecule has 0 aromatic heterocycles. The lowest BCUT2D eigenvalue weighted by molar-refractivity contribution is -0.214. The summed E-state index contributed by atoms with van der Waals surface area (Å²) in [5.41, 5.74) is 8.63. The van der Waals surface area contributed by atoms with Crippen LogP contribution in [0.3, 0.4) is 0 Å². The van der Waals surface area contributed by atoms with E-state index in [1.807, 2.05) is 36.4 Å². The van der Waals surface area contributed by atoms with Crippen LogP contribution in [0.25, 0.3) is 0 Å². The average Bonchev–Trinajstić information content (AvgIpc) is 3.25. The first-order valence-corrected chi connectivity index (χ1v) is 15.5.